The SMILES string of the molecule is CCn1c(C2CCCCC2)c(CN)c2ccccc21. The summed E-state index contributed by atoms with van der Waals surface area (Å²) >= 11 is 0. The molecular formula is C17H24N2. The molecule has 0 bridgehead atoms. The average molecular weight is 256 g/mol. The Bertz CT molecular complexity index is 521. The van der Waals surface area contributed by atoms with Gasteiger partial charge in [0.25, 0.3) is 0 Å². The summed E-state index contributed by atoms with van der Waals surface area (Å²) < 4.78 is 2.51. The van der Waals surface area contributed by atoms with Gasteiger partial charge in [-0.2, -0.15) is 0 Å². The van der Waals surface area contributed by atoms with Crippen LogP contribution in [-0.2, 0) is 13.1 Å². The predicted octanol–water partition coefficient (Wildman–Crippen LogP) is 4.17. The molecule has 0 radical (unpaired) electrons. The van der Waals surface area contributed by atoms with Crippen LogP contribution in [0.15, 0.2) is 24.3 Å². The Labute approximate surface area is 115 Å². The Morgan fingerprint density at radius 3 is 2.58 bits per heavy atom. The first-order valence-electron chi connectivity index (χ1n) is 7.66. The first-order chi connectivity index (χ1) is 9.36. The third-order valence-corrected chi connectivity index (χ3v) is 4.63. The van der Waals surface area contributed by atoms with Gasteiger partial charge in [-0.1, -0.05) is 37.5 Å². The van der Waals surface area contributed by atoms with Crippen LogP contribution in [0.1, 0.15) is 56.2 Å². The molecule has 2 aromatic rings. The van der Waals surface area contributed by atoms with Crippen LogP contribution in [0.2, 0.25) is 0 Å². The van der Waals surface area contributed by atoms with Gasteiger partial charge in [0.1, 0.15) is 0 Å². The monoisotopic (exact) mass is 256 g/mol. The highest BCUT2D eigenvalue weighted by atomic mass is 15.0. The van der Waals surface area contributed by atoms with E-state index in [0.29, 0.717) is 6.54 Å². The summed E-state index contributed by atoms with van der Waals surface area (Å²) in [5.41, 5.74) is 10.4. The molecule has 102 valence electrons. The maximum atomic E-state index is 6.08. The number of nitrogens with zero attached hydrogens (tertiary/aromatic N) is 1. The van der Waals surface area contributed by atoms with Crippen molar-refractivity contribution in [2.24, 2.45) is 5.73 Å². The number of aromatic nitrogens is 1. The fourth-order valence-electron chi connectivity index (χ4n) is 3.79. The van der Waals surface area contributed by atoms with Crippen LogP contribution in [0.4, 0.5) is 0 Å². The summed E-state index contributed by atoms with van der Waals surface area (Å²) in [6.45, 7) is 3.96. The maximum Gasteiger partial charge on any atom is 0.0485 e. The van der Waals surface area contributed by atoms with Crippen molar-refractivity contribution in [3.8, 4) is 0 Å². The molecule has 0 unspecified atom stereocenters. The van der Waals surface area contributed by atoms with Gasteiger partial charge in [-0.3, -0.25) is 0 Å². The Kier molecular flexibility index (Phi) is 3.61. The lowest BCUT2D eigenvalue weighted by molar-refractivity contribution is 0.424. The molecule has 1 heterocycles. The first kappa shape index (κ1) is 12.7. The first-order valence-corrected chi connectivity index (χ1v) is 7.66. The van der Waals surface area contributed by atoms with E-state index in [0.717, 1.165) is 12.5 Å². The van der Waals surface area contributed by atoms with E-state index < -0.39 is 0 Å². The number of nitrogens with two attached hydrogens (primary N) is 1. The van der Waals surface area contributed by atoms with E-state index in [1.54, 1.807) is 0 Å². The number of aryl methyl sites for hydroxylation is 1. The van der Waals surface area contributed by atoms with Gasteiger partial charge < -0.3 is 10.3 Å². The Morgan fingerprint density at radius 1 is 1.16 bits per heavy atom. The maximum absolute atomic E-state index is 6.08. The number of benzene rings is 1. The lowest BCUT2D eigenvalue weighted by Crippen LogP contribution is -2.13. The van der Waals surface area contributed by atoms with E-state index in [2.05, 4.69) is 35.8 Å². The summed E-state index contributed by atoms with van der Waals surface area (Å²) in [6, 6.07) is 8.74. The van der Waals surface area contributed by atoms with Crippen molar-refractivity contribution in [3.05, 3.63) is 35.5 Å². The molecule has 19 heavy (non-hydrogen) atoms. The normalized spacial score (nSPS) is 17.2. The quantitative estimate of drug-likeness (QED) is 0.878. The third-order valence-electron chi connectivity index (χ3n) is 4.63. The van der Waals surface area contributed by atoms with Gasteiger partial charge in [-0.25, -0.2) is 0 Å². The minimum Gasteiger partial charge on any atom is -0.344 e. The van der Waals surface area contributed by atoms with Gasteiger partial charge in [0.2, 0.25) is 0 Å². The molecule has 0 atom stereocenters. The van der Waals surface area contributed by atoms with Crippen molar-refractivity contribution in [2.45, 2.75) is 58.0 Å². The third kappa shape index (κ3) is 2.08. The van der Waals surface area contributed by atoms with Crippen LogP contribution in [0.5, 0.6) is 0 Å². The molecule has 1 aromatic carbocycles. The Morgan fingerprint density at radius 2 is 1.89 bits per heavy atom. The van der Waals surface area contributed by atoms with Gasteiger partial charge in [0.15, 0.2) is 0 Å². The molecule has 1 fully saturated rings. The van der Waals surface area contributed by atoms with Gasteiger partial charge in [0.05, 0.1) is 0 Å². The molecule has 0 spiro atoms. The fraction of sp³-hybridized carbons (Fsp3) is 0.529. The zero-order valence-electron chi connectivity index (χ0n) is 11.9. The highest BCUT2D eigenvalue weighted by Crippen LogP contribution is 2.38. The van der Waals surface area contributed by atoms with Gasteiger partial charge in [0, 0.05) is 29.7 Å². The number of hydrogen-bond acceptors (Lipinski definition) is 1. The van der Waals surface area contributed by atoms with Crippen LogP contribution < -0.4 is 5.73 Å². The van der Waals surface area contributed by atoms with Crippen molar-refractivity contribution in [3.63, 3.8) is 0 Å². The van der Waals surface area contributed by atoms with E-state index in [-0.39, 0.29) is 0 Å². The molecule has 0 amide bonds. The fourth-order valence-corrected chi connectivity index (χ4v) is 3.79. The van der Waals surface area contributed by atoms with Crippen LogP contribution in [-0.4, -0.2) is 4.57 Å². The second-order valence-electron chi connectivity index (χ2n) is 5.66. The number of hydrogen-bond donors (Lipinski definition) is 1. The molecule has 1 aliphatic carbocycles. The summed E-state index contributed by atoms with van der Waals surface area (Å²) in [5, 5.41) is 1.37. The summed E-state index contributed by atoms with van der Waals surface area (Å²) in [4.78, 5) is 0. The lowest BCUT2D eigenvalue weighted by atomic mass is 9.85. The highest BCUT2D eigenvalue weighted by molar-refractivity contribution is 5.85. The smallest absolute Gasteiger partial charge is 0.0485 e. The topological polar surface area (TPSA) is 30.9 Å². The van der Waals surface area contributed by atoms with E-state index in [9.17, 15) is 0 Å². The number of rotatable bonds is 3. The zero-order chi connectivity index (χ0) is 13.2. The predicted molar refractivity (Wildman–Crippen MR) is 81.3 cm³/mol. The molecule has 2 N–H and O–H groups in total. The summed E-state index contributed by atoms with van der Waals surface area (Å²) in [6.07, 6.45) is 6.83. The van der Waals surface area contributed by atoms with Gasteiger partial charge in [-0.15, -0.1) is 0 Å². The second kappa shape index (κ2) is 5.38. The van der Waals surface area contributed by atoms with E-state index in [1.807, 2.05) is 0 Å². The van der Waals surface area contributed by atoms with Crippen molar-refractivity contribution < 1.29 is 0 Å². The number of fused-ring (bicyclic) bond motifs is 1. The van der Waals surface area contributed by atoms with E-state index in [1.165, 1.54) is 54.3 Å². The van der Waals surface area contributed by atoms with Crippen molar-refractivity contribution in [1.29, 1.82) is 0 Å². The number of para-hydroxylation sites is 1. The molecule has 1 aliphatic rings. The largest absolute Gasteiger partial charge is 0.344 e. The molecule has 2 heteroatoms. The van der Waals surface area contributed by atoms with Gasteiger partial charge >= 0.3 is 0 Å². The standard InChI is InChI=1S/C17H24N2/c1-2-19-16-11-7-6-10-14(16)15(12-18)17(19)13-8-4-3-5-9-13/h6-7,10-11,13H,2-5,8-9,12,18H2,1H3. The van der Waals surface area contributed by atoms with Crippen molar-refractivity contribution in [1.82, 2.24) is 4.57 Å². The minimum absolute atomic E-state index is 0.666. The highest BCUT2D eigenvalue weighted by Gasteiger charge is 2.24. The Hall–Kier alpha value is -1.28. The molecule has 0 saturated heterocycles. The second-order valence-corrected chi connectivity index (χ2v) is 5.66. The van der Waals surface area contributed by atoms with Crippen LogP contribution in [0.3, 0.4) is 0 Å². The van der Waals surface area contributed by atoms with Crippen LogP contribution in [0, 0.1) is 0 Å². The molecule has 1 aromatic heterocycles. The van der Waals surface area contributed by atoms with Crippen LogP contribution in [0.25, 0.3) is 10.9 Å². The average Bonchev–Trinajstić information content (AvgIpc) is 2.81. The molecule has 1 saturated carbocycles. The molecule has 0 aliphatic heterocycles. The summed E-state index contributed by atoms with van der Waals surface area (Å²) in [5.74, 6) is 0.722. The molecule has 3 rings (SSSR count). The van der Waals surface area contributed by atoms with E-state index >= 15 is 0 Å². The van der Waals surface area contributed by atoms with Gasteiger partial charge in [-0.05, 0) is 37.3 Å². The lowest BCUT2D eigenvalue weighted by Gasteiger charge is -2.24. The van der Waals surface area contributed by atoms with Crippen molar-refractivity contribution in [2.75, 3.05) is 0 Å². The van der Waals surface area contributed by atoms with Crippen LogP contribution >= 0.6 is 0 Å². The van der Waals surface area contributed by atoms with E-state index in [4.69, 9.17) is 5.73 Å². The molecule has 2 nitrogen and oxygen atoms in total. The minimum atomic E-state index is 0.666. The Balaban J connectivity index is 2.20. The molecular weight excluding hydrogens is 232 g/mol. The zero-order valence-corrected chi connectivity index (χ0v) is 11.9. The summed E-state index contributed by atoms with van der Waals surface area (Å²) in [7, 11) is 0. The van der Waals surface area contributed by atoms with Crippen molar-refractivity contribution >= 4 is 10.9 Å².